The Labute approximate surface area is 364 Å². The third-order valence-electron chi connectivity index (χ3n) is 12.4. The van der Waals surface area contributed by atoms with Crippen LogP contribution in [0.15, 0.2) is 224 Å². The van der Waals surface area contributed by atoms with Crippen LogP contribution in [-0.2, 0) is 5.41 Å². The van der Waals surface area contributed by atoms with Gasteiger partial charge in [0.2, 0.25) is 0 Å². The predicted molar refractivity (Wildman–Crippen MR) is 257 cm³/mol. The molecule has 2 aromatic heterocycles. The number of benzene rings is 9. The molecule has 3 nitrogen and oxygen atoms in total. The molecular formula is C58H37N3S. The van der Waals surface area contributed by atoms with Crippen molar-refractivity contribution in [3.05, 3.63) is 247 Å². The zero-order valence-corrected chi connectivity index (χ0v) is 34.4. The van der Waals surface area contributed by atoms with Gasteiger partial charge in [-0.05, 0) is 92.0 Å². The number of rotatable bonds is 7. The highest BCUT2D eigenvalue weighted by atomic mass is 32.1. The average molecular weight is 808 g/mol. The lowest BCUT2D eigenvalue weighted by Crippen LogP contribution is -2.28. The van der Waals surface area contributed by atoms with Gasteiger partial charge >= 0.3 is 0 Å². The normalized spacial score (nSPS) is 12.6. The maximum absolute atomic E-state index is 5.41. The molecule has 0 aliphatic heterocycles. The van der Waals surface area contributed by atoms with Gasteiger partial charge in [0.15, 0.2) is 17.5 Å². The molecule has 0 fully saturated rings. The summed E-state index contributed by atoms with van der Waals surface area (Å²) in [5.41, 5.74) is 14.1. The van der Waals surface area contributed by atoms with E-state index in [1.807, 2.05) is 0 Å². The third-order valence-corrected chi connectivity index (χ3v) is 13.5. The van der Waals surface area contributed by atoms with Crippen LogP contribution in [0, 0.1) is 0 Å². The Morgan fingerprint density at radius 1 is 0.290 bits per heavy atom. The molecule has 0 spiro atoms. The van der Waals surface area contributed by atoms with Crippen LogP contribution in [0.5, 0.6) is 0 Å². The Bertz CT molecular complexity index is 3350. The summed E-state index contributed by atoms with van der Waals surface area (Å²) in [7, 11) is 0. The molecule has 4 heteroatoms. The first-order valence-electron chi connectivity index (χ1n) is 21.0. The molecule has 12 rings (SSSR count). The van der Waals surface area contributed by atoms with Gasteiger partial charge in [-0.2, -0.15) is 0 Å². The van der Waals surface area contributed by atoms with Gasteiger partial charge in [-0.25, -0.2) is 15.0 Å². The van der Waals surface area contributed by atoms with Crippen LogP contribution in [0.3, 0.4) is 0 Å². The standard InChI is InChI=1S/C58H37N3S/c1-5-17-38(18-6-1)42-33-43(39-19-7-2-8-20-39)35-44(34-42)57-60-55(59-56(61-57)41-30-32-50-49-26-14-16-28-53(49)62-54(50)37-41)40-29-31-48-47-25-13-15-27-51(47)58(52(48)36-40,45-21-9-3-10-22-45)46-23-11-4-12-24-46/h1-37H. The Morgan fingerprint density at radius 2 is 0.758 bits per heavy atom. The Hall–Kier alpha value is -7.79. The van der Waals surface area contributed by atoms with E-state index in [0.717, 1.165) is 38.9 Å². The third kappa shape index (κ3) is 5.91. The monoisotopic (exact) mass is 807 g/mol. The van der Waals surface area contributed by atoms with E-state index in [1.165, 1.54) is 53.6 Å². The van der Waals surface area contributed by atoms with Crippen molar-refractivity contribution < 1.29 is 0 Å². The van der Waals surface area contributed by atoms with Crippen LogP contribution in [-0.4, -0.2) is 15.0 Å². The minimum atomic E-state index is -0.552. The molecule has 0 saturated heterocycles. The molecule has 0 atom stereocenters. The van der Waals surface area contributed by atoms with E-state index in [4.69, 9.17) is 15.0 Å². The molecule has 0 N–H and O–H groups in total. The van der Waals surface area contributed by atoms with E-state index in [0.29, 0.717) is 17.5 Å². The van der Waals surface area contributed by atoms with Crippen molar-refractivity contribution >= 4 is 31.5 Å². The SMILES string of the molecule is c1ccc(-c2cc(-c3ccccc3)cc(-c3nc(-c4ccc5c(c4)C(c4ccccc4)(c4ccccc4)c4ccccc4-5)nc(-c4ccc5c(c4)sc4ccccc45)n3)c2)cc1. The number of hydrogen-bond acceptors (Lipinski definition) is 4. The average Bonchev–Trinajstić information content (AvgIpc) is 3.88. The lowest BCUT2D eigenvalue weighted by molar-refractivity contribution is 0.768. The van der Waals surface area contributed by atoms with Gasteiger partial charge in [0.1, 0.15) is 0 Å². The Balaban J connectivity index is 1.11. The Kier molecular flexibility index (Phi) is 8.58. The molecule has 0 amide bonds. The fourth-order valence-corrected chi connectivity index (χ4v) is 10.7. The molecule has 9 aromatic carbocycles. The first-order valence-corrected chi connectivity index (χ1v) is 21.8. The molecule has 1 aliphatic rings. The topological polar surface area (TPSA) is 38.7 Å². The van der Waals surface area contributed by atoms with Crippen LogP contribution in [0.2, 0.25) is 0 Å². The van der Waals surface area contributed by atoms with Crippen molar-refractivity contribution in [2.45, 2.75) is 5.41 Å². The second-order valence-corrected chi connectivity index (χ2v) is 17.0. The van der Waals surface area contributed by atoms with Crippen molar-refractivity contribution in [1.82, 2.24) is 15.0 Å². The first-order chi connectivity index (χ1) is 30.7. The van der Waals surface area contributed by atoms with Crippen LogP contribution >= 0.6 is 11.3 Å². The molecule has 62 heavy (non-hydrogen) atoms. The minimum Gasteiger partial charge on any atom is -0.208 e. The lowest BCUT2D eigenvalue weighted by atomic mass is 9.67. The van der Waals surface area contributed by atoms with E-state index in [9.17, 15) is 0 Å². The molecule has 0 bridgehead atoms. The summed E-state index contributed by atoms with van der Waals surface area (Å²) in [6.45, 7) is 0. The van der Waals surface area contributed by atoms with Crippen molar-refractivity contribution in [3.8, 4) is 67.5 Å². The van der Waals surface area contributed by atoms with E-state index < -0.39 is 5.41 Å². The molecule has 0 radical (unpaired) electrons. The van der Waals surface area contributed by atoms with Crippen LogP contribution in [0.1, 0.15) is 22.3 Å². The highest BCUT2D eigenvalue weighted by Gasteiger charge is 2.46. The van der Waals surface area contributed by atoms with E-state index >= 15 is 0 Å². The maximum Gasteiger partial charge on any atom is 0.164 e. The van der Waals surface area contributed by atoms with E-state index in [-0.39, 0.29) is 0 Å². The van der Waals surface area contributed by atoms with Gasteiger partial charge in [-0.1, -0.05) is 188 Å². The van der Waals surface area contributed by atoms with Crippen molar-refractivity contribution in [1.29, 1.82) is 0 Å². The smallest absolute Gasteiger partial charge is 0.164 e. The lowest BCUT2D eigenvalue weighted by Gasteiger charge is -2.34. The molecule has 11 aromatic rings. The summed E-state index contributed by atoms with van der Waals surface area (Å²) in [5.74, 6) is 1.89. The van der Waals surface area contributed by atoms with Gasteiger partial charge in [0.25, 0.3) is 0 Å². The van der Waals surface area contributed by atoms with Crippen molar-refractivity contribution in [2.75, 3.05) is 0 Å². The largest absolute Gasteiger partial charge is 0.208 e. The fraction of sp³-hybridized carbons (Fsp3) is 0.0172. The molecule has 1 aliphatic carbocycles. The minimum absolute atomic E-state index is 0.552. The maximum atomic E-state index is 5.41. The van der Waals surface area contributed by atoms with Crippen molar-refractivity contribution in [3.63, 3.8) is 0 Å². The zero-order chi connectivity index (χ0) is 41.0. The van der Waals surface area contributed by atoms with Gasteiger partial charge in [-0.3, -0.25) is 0 Å². The quantitative estimate of drug-likeness (QED) is 0.161. The van der Waals surface area contributed by atoms with Gasteiger partial charge in [0, 0.05) is 36.9 Å². The number of nitrogens with zero attached hydrogens (tertiary/aromatic N) is 3. The van der Waals surface area contributed by atoms with E-state index in [1.54, 1.807) is 11.3 Å². The summed E-state index contributed by atoms with van der Waals surface area (Å²) in [4.78, 5) is 16.1. The second kappa shape index (κ2) is 14.7. The molecular weight excluding hydrogens is 771 g/mol. The van der Waals surface area contributed by atoms with Gasteiger partial charge < -0.3 is 0 Å². The molecule has 290 valence electrons. The summed E-state index contributed by atoms with van der Waals surface area (Å²) in [6.07, 6.45) is 0. The summed E-state index contributed by atoms with van der Waals surface area (Å²) in [5, 5.41) is 2.50. The number of thiophene rings is 1. The van der Waals surface area contributed by atoms with Crippen LogP contribution in [0.25, 0.3) is 87.7 Å². The summed E-state index contributed by atoms with van der Waals surface area (Å²) >= 11 is 1.80. The highest BCUT2D eigenvalue weighted by molar-refractivity contribution is 7.25. The molecule has 0 saturated carbocycles. The molecule has 2 heterocycles. The van der Waals surface area contributed by atoms with E-state index in [2.05, 4.69) is 224 Å². The second-order valence-electron chi connectivity index (χ2n) is 15.9. The van der Waals surface area contributed by atoms with Crippen LogP contribution < -0.4 is 0 Å². The first kappa shape index (κ1) is 36.1. The molecule has 0 unspecified atom stereocenters. The number of hydrogen-bond donors (Lipinski definition) is 0. The summed E-state index contributed by atoms with van der Waals surface area (Å²) in [6, 6.07) is 80.5. The summed E-state index contributed by atoms with van der Waals surface area (Å²) < 4.78 is 2.47. The van der Waals surface area contributed by atoms with Gasteiger partial charge in [0.05, 0.1) is 5.41 Å². The predicted octanol–water partition coefficient (Wildman–Crippen LogP) is 14.9. The zero-order valence-electron chi connectivity index (χ0n) is 33.6. The number of fused-ring (bicyclic) bond motifs is 6. The number of aromatic nitrogens is 3. The fourth-order valence-electron chi connectivity index (χ4n) is 9.56. The Morgan fingerprint density at radius 3 is 1.40 bits per heavy atom. The van der Waals surface area contributed by atoms with Crippen molar-refractivity contribution in [2.24, 2.45) is 0 Å². The van der Waals surface area contributed by atoms with Gasteiger partial charge in [-0.15, -0.1) is 11.3 Å². The highest BCUT2D eigenvalue weighted by Crippen LogP contribution is 2.56. The van der Waals surface area contributed by atoms with Crippen LogP contribution in [0.4, 0.5) is 0 Å².